The van der Waals surface area contributed by atoms with E-state index in [1.807, 2.05) is 13.0 Å². The van der Waals surface area contributed by atoms with E-state index in [9.17, 15) is 10.1 Å². The van der Waals surface area contributed by atoms with Gasteiger partial charge in [-0.15, -0.1) is 0 Å². The van der Waals surface area contributed by atoms with E-state index in [1.54, 1.807) is 12.1 Å². The second kappa shape index (κ2) is 7.27. The van der Waals surface area contributed by atoms with Crippen LogP contribution in [0, 0.1) is 23.0 Å². The van der Waals surface area contributed by atoms with Crippen molar-refractivity contribution in [3.8, 4) is 0 Å². The minimum atomic E-state index is -0.344. The van der Waals surface area contributed by atoms with E-state index in [0.717, 1.165) is 63.4 Å². The van der Waals surface area contributed by atoms with Crippen LogP contribution in [0.4, 0.5) is 11.4 Å². The average molecular weight is 320 g/mol. The first-order valence-electron chi connectivity index (χ1n) is 8.33. The van der Waals surface area contributed by atoms with Gasteiger partial charge in [0.1, 0.15) is 0 Å². The summed E-state index contributed by atoms with van der Waals surface area (Å²) in [5, 5.41) is 10.8. The number of nitro benzene ring substituents is 1. The number of anilines is 1. The lowest BCUT2D eigenvalue weighted by atomic mass is 10.0. The van der Waals surface area contributed by atoms with E-state index in [1.165, 1.54) is 0 Å². The van der Waals surface area contributed by atoms with Gasteiger partial charge in [-0.25, -0.2) is 0 Å². The smallest absolute Gasteiger partial charge is 0.269 e. The van der Waals surface area contributed by atoms with Gasteiger partial charge in [0.15, 0.2) is 0 Å². The van der Waals surface area contributed by atoms with Crippen LogP contribution in [0.3, 0.4) is 0 Å². The van der Waals surface area contributed by atoms with Crippen LogP contribution in [0.5, 0.6) is 0 Å². The zero-order valence-corrected chi connectivity index (χ0v) is 13.6. The van der Waals surface area contributed by atoms with Gasteiger partial charge >= 0.3 is 0 Å². The number of nitrogens with zero attached hydrogens (tertiary/aromatic N) is 2. The van der Waals surface area contributed by atoms with Crippen LogP contribution in [-0.2, 0) is 9.47 Å². The number of nitro groups is 1. The van der Waals surface area contributed by atoms with Crippen molar-refractivity contribution >= 4 is 11.4 Å². The van der Waals surface area contributed by atoms with Crippen LogP contribution in [0.2, 0.25) is 0 Å². The Morgan fingerprint density at radius 3 is 2.74 bits per heavy atom. The molecular formula is C17H24N2O4. The number of hydrogen-bond donors (Lipinski definition) is 0. The molecule has 6 heteroatoms. The normalized spacial score (nSPS) is 22.5. The van der Waals surface area contributed by atoms with E-state index >= 15 is 0 Å². The molecule has 0 aliphatic carbocycles. The molecule has 0 bridgehead atoms. The van der Waals surface area contributed by atoms with Crippen LogP contribution in [0.15, 0.2) is 18.2 Å². The van der Waals surface area contributed by atoms with Crippen LogP contribution in [0.25, 0.3) is 0 Å². The minimum Gasteiger partial charge on any atom is -0.381 e. The summed E-state index contributed by atoms with van der Waals surface area (Å²) in [7, 11) is 0. The van der Waals surface area contributed by atoms with Crippen LogP contribution >= 0.6 is 0 Å². The fourth-order valence-corrected chi connectivity index (χ4v) is 3.36. The first-order valence-corrected chi connectivity index (χ1v) is 8.33. The lowest BCUT2D eigenvalue weighted by molar-refractivity contribution is -0.384. The molecule has 126 valence electrons. The highest BCUT2D eigenvalue weighted by Crippen LogP contribution is 2.28. The first-order chi connectivity index (χ1) is 11.1. The molecule has 0 radical (unpaired) electrons. The van der Waals surface area contributed by atoms with Crippen LogP contribution < -0.4 is 4.90 Å². The summed E-state index contributed by atoms with van der Waals surface area (Å²) in [6.45, 7) is 6.31. The topological polar surface area (TPSA) is 64.8 Å². The summed E-state index contributed by atoms with van der Waals surface area (Å²) in [5.41, 5.74) is 2.21. The summed E-state index contributed by atoms with van der Waals surface area (Å²) >= 11 is 0. The standard InChI is InChI=1S/C17H24N2O4/c1-13-10-15(19(20)21)2-3-17(13)18-7-4-16(5-8-18)23-12-14-6-9-22-11-14/h2-3,10,14,16H,4-9,11-12H2,1H3. The van der Waals surface area contributed by atoms with Gasteiger partial charge in [0.2, 0.25) is 0 Å². The fraction of sp³-hybridized carbons (Fsp3) is 0.647. The van der Waals surface area contributed by atoms with E-state index in [0.29, 0.717) is 12.0 Å². The highest BCUT2D eigenvalue weighted by atomic mass is 16.6. The maximum Gasteiger partial charge on any atom is 0.269 e. The average Bonchev–Trinajstić information content (AvgIpc) is 3.07. The molecule has 0 spiro atoms. The van der Waals surface area contributed by atoms with Gasteiger partial charge in [0.05, 0.1) is 24.2 Å². The molecular weight excluding hydrogens is 296 g/mol. The lowest BCUT2D eigenvalue weighted by Crippen LogP contribution is -2.38. The predicted molar refractivity (Wildman–Crippen MR) is 87.9 cm³/mol. The highest BCUT2D eigenvalue weighted by molar-refractivity contribution is 5.57. The monoisotopic (exact) mass is 320 g/mol. The maximum absolute atomic E-state index is 10.8. The van der Waals surface area contributed by atoms with Gasteiger partial charge in [0, 0.05) is 43.4 Å². The number of non-ortho nitro benzene ring substituents is 1. The van der Waals surface area contributed by atoms with Gasteiger partial charge < -0.3 is 14.4 Å². The number of rotatable bonds is 5. The Balaban J connectivity index is 1.51. The molecule has 23 heavy (non-hydrogen) atoms. The Labute approximate surface area is 136 Å². The molecule has 2 fully saturated rings. The Morgan fingerprint density at radius 1 is 1.35 bits per heavy atom. The molecule has 0 amide bonds. The van der Waals surface area contributed by atoms with Crippen LogP contribution in [0.1, 0.15) is 24.8 Å². The van der Waals surface area contributed by atoms with Gasteiger partial charge in [-0.05, 0) is 37.8 Å². The van der Waals surface area contributed by atoms with E-state index in [-0.39, 0.29) is 10.6 Å². The predicted octanol–water partition coefficient (Wildman–Crippen LogP) is 2.93. The third kappa shape index (κ3) is 4.00. The molecule has 0 N–H and O–H groups in total. The number of aryl methyl sites for hydroxylation is 1. The van der Waals surface area contributed by atoms with E-state index in [4.69, 9.17) is 9.47 Å². The van der Waals surface area contributed by atoms with Crippen molar-refractivity contribution in [2.24, 2.45) is 5.92 Å². The molecule has 1 aromatic carbocycles. The summed E-state index contributed by atoms with van der Waals surface area (Å²) in [6, 6.07) is 5.10. The lowest BCUT2D eigenvalue weighted by Gasteiger charge is -2.34. The molecule has 1 unspecified atom stereocenters. The summed E-state index contributed by atoms with van der Waals surface area (Å²) in [6.07, 6.45) is 3.44. The molecule has 1 aromatic rings. The molecule has 2 saturated heterocycles. The van der Waals surface area contributed by atoms with Crippen molar-refractivity contribution in [3.63, 3.8) is 0 Å². The fourth-order valence-electron chi connectivity index (χ4n) is 3.36. The number of hydrogen-bond acceptors (Lipinski definition) is 5. The third-order valence-electron chi connectivity index (χ3n) is 4.77. The highest BCUT2D eigenvalue weighted by Gasteiger charge is 2.23. The molecule has 2 aliphatic heterocycles. The van der Waals surface area contributed by atoms with E-state index < -0.39 is 0 Å². The quantitative estimate of drug-likeness (QED) is 0.616. The summed E-state index contributed by atoms with van der Waals surface area (Å²) < 4.78 is 11.4. The van der Waals surface area contributed by atoms with Gasteiger partial charge in [0.25, 0.3) is 5.69 Å². The van der Waals surface area contributed by atoms with Gasteiger partial charge in [-0.1, -0.05) is 0 Å². The Hall–Kier alpha value is -1.66. The number of ether oxygens (including phenoxy) is 2. The maximum atomic E-state index is 10.8. The van der Waals surface area contributed by atoms with Crippen molar-refractivity contribution in [2.75, 3.05) is 37.8 Å². The van der Waals surface area contributed by atoms with Crippen LogP contribution in [-0.4, -0.2) is 43.9 Å². The third-order valence-corrected chi connectivity index (χ3v) is 4.77. The molecule has 1 atom stereocenters. The Bertz CT molecular complexity index is 550. The summed E-state index contributed by atoms with van der Waals surface area (Å²) in [5.74, 6) is 0.560. The van der Waals surface area contributed by atoms with Gasteiger partial charge in [-0.3, -0.25) is 10.1 Å². The van der Waals surface area contributed by atoms with Gasteiger partial charge in [-0.2, -0.15) is 0 Å². The van der Waals surface area contributed by atoms with Crippen molar-refractivity contribution in [1.29, 1.82) is 0 Å². The van der Waals surface area contributed by atoms with Crippen molar-refractivity contribution in [3.05, 3.63) is 33.9 Å². The van der Waals surface area contributed by atoms with Crippen molar-refractivity contribution < 1.29 is 14.4 Å². The SMILES string of the molecule is Cc1cc([N+](=O)[O-])ccc1N1CCC(OCC2CCOC2)CC1. The number of benzene rings is 1. The minimum absolute atomic E-state index is 0.156. The number of piperidine rings is 1. The van der Waals surface area contributed by atoms with Crippen molar-refractivity contribution in [2.45, 2.75) is 32.3 Å². The molecule has 2 heterocycles. The Morgan fingerprint density at radius 2 is 2.13 bits per heavy atom. The molecule has 0 saturated carbocycles. The molecule has 3 rings (SSSR count). The molecule has 6 nitrogen and oxygen atoms in total. The first kappa shape index (κ1) is 16.2. The largest absolute Gasteiger partial charge is 0.381 e. The van der Waals surface area contributed by atoms with Crippen molar-refractivity contribution in [1.82, 2.24) is 0 Å². The Kier molecular flexibility index (Phi) is 5.13. The summed E-state index contributed by atoms with van der Waals surface area (Å²) in [4.78, 5) is 12.8. The zero-order chi connectivity index (χ0) is 16.2. The second-order valence-corrected chi connectivity index (χ2v) is 6.48. The second-order valence-electron chi connectivity index (χ2n) is 6.48. The molecule has 2 aliphatic rings. The molecule has 0 aromatic heterocycles. The van der Waals surface area contributed by atoms with E-state index in [2.05, 4.69) is 4.90 Å². The zero-order valence-electron chi connectivity index (χ0n) is 13.6.